The highest BCUT2D eigenvalue weighted by molar-refractivity contribution is 5.31. The Morgan fingerprint density at radius 2 is 1.68 bits per heavy atom. The topological polar surface area (TPSA) is 29.9 Å². The molecule has 4 rings (SSSR count). The van der Waals surface area contributed by atoms with E-state index in [0.717, 1.165) is 17.8 Å². The predicted molar refractivity (Wildman–Crippen MR) is 77.2 cm³/mol. The maximum absolute atomic E-state index is 4.60. The third-order valence-corrected chi connectivity index (χ3v) is 5.19. The van der Waals surface area contributed by atoms with Gasteiger partial charge in [0.25, 0.3) is 0 Å². The second-order valence-electron chi connectivity index (χ2n) is 6.79. The van der Waals surface area contributed by atoms with Crippen LogP contribution in [-0.2, 0) is 0 Å². The van der Waals surface area contributed by atoms with Crippen LogP contribution in [0.1, 0.15) is 63.8 Å². The smallest absolute Gasteiger partial charge is 0.203 e. The van der Waals surface area contributed by atoms with Crippen LogP contribution in [-0.4, -0.2) is 15.6 Å². The second kappa shape index (κ2) is 4.84. The number of hydrogen-bond donors (Lipinski definition) is 1. The molecule has 1 heterocycles. The van der Waals surface area contributed by atoms with Crippen molar-refractivity contribution in [2.24, 2.45) is 11.8 Å². The zero-order valence-electron chi connectivity index (χ0n) is 11.7. The van der Waals surface area contributed by atoms with Crippen LogP contribution < -0.4 is 5.32 Å². The van der Waals surface area contributed by atoms with Gasteiger partial charge in [0, 0.05) is 24.5 Å². The van der Waals surface area contributed by atoms with Crippen molar-refractivity contribution in [3.05, 3.63) is 12.4 Å². The molecule has 3 nitrogen and oxygen atoms in total. The van der Waals surface area contributed by atoms with Gasteiger partial charge in [-0.25, -0.2) is 4.98 Å². The Bertz CT molecular complexity index is 413. The molecule has 3 heteroatoms. The molecule has 0 unspecified atom stereocenters. The lowest BCUT2D eigenvalue weighted by atomic mass is 9.95. The predicted octanol–water partition coefficient (Wildman–Crippen LogP) is 3.99. The van der Waals surface area contributed by atoms with Crippen molar-refractivity contribution in [1.82, 2.24) is 9.55 Å². The van der Waals surface area contributed by atoms with Crippen molar-refractivity contribution in [3.8, 4) is 0 Å². The van der Waals surface area contributed by atoms with E-state index in [0.29, 0.717) is 12.1 Å². The van der Waals surface area contributed by atoms with Crippen LogP contribution >= 0.6 is 0 Å². The van der Waals surface area contributed by atoms with Gasteiger partial charge in [-0.05, 0) is 50.4 Å². The fourth-order valence-electron chi connectivity index (χ4n) is 3.76. The fraction of sp³-hybridized carbons (Fsp3) is 0.812. The number of anilines is 1. The zero-order chi connectivity index (χ0) is 12.7. The number of imidazole rings is 1. The minimum absolute atomic E-state index is 0.692. The fourth-order valence-corrected chi connectivity index (χ4v) is 3.76. The summed E-state index contributed by atoms with van der Waals surface area (Å²) >= 11 is 0. The molecule has 0 saturated heterocycles. The Labute approximate surface area is 115 Å². The van der Waals surface area contributed by atoms with Crippen LogP contribution in [0.3, 0.4) is 0 Å². The molecule has 3 saturated carbocycles. The average molecular weight is 259 g/mol. The quantitative estimate of drug-likeness (QED) is 0.866. The van der Waals surface area contributed by atoms with E-state index < -0.39 is 0 Å². The highest BCUT2D eigenvalue weighted by atomic mass is 15.2. The molecule has 1 aromatic rings. The first-order chi connectivity index (χ1) is 9.42. The molecule has 19 heavy (non-hydrogen) atoms. The average Bonchev–Trinajstić information content (AvgIpc) is 3.37. The summed E-state index contributed by atoms with van der Waals surface area (Å²) in [5.74, 6) is 3.02. The van der Waals surface area contributed by atoms with E-state index in [2.05, 4.69) is 21.1 Å². The minimum atomic E-state index is 0.692. The minimum Gasteiger partial charge on any atom is -0.352 e. The van der Waals surface area contributed by atoms with E-state index in [9.17, 15) is 0 Å². The van der Waals surface area contributed by atoms with Gasteiger partial charge in [-0.1, -0.05) is 19.3 Å². The highest BCUT2D eigenvalue weighted by Gasteiger charge is 2.42. The van der Waals surface area contributed by atoms with Gasteiger partial charge in [0.1, 0.15) is 0 Å². The van der Waals surface area contributed by atoms with Gasteiger partial charge in [-0.15, -0.1) is 0 Å². The van der Waals surface area contributed by atoms with Crippen molar-refractivity contribution in [2.45, 2.75) is 69.9 Å². The Balaban J connectivity index is 1.49. The molecule has 3 aliphatic carbocycles. The summed E-state index contributed by atoms with van der Waals surface area (Å²) < 4.78 is 2.43. The zero-order valence-corrected chi connectivity index (χ0v) is 11.7. The van der Waals surface area contributed by atoms with Crippen LogP contribution in [0.15, 0.2) is 12.4 Å². The Kier molecular flexibility index (Phi) is 3.01. The van der Waals surface area contributed by atoms with E-state index in [-0.39, 0.29) is 0 Å². The van der Waals surface area contributed by atoms with E-state index in [4.69, 9.17) is 0 Å². The van der Waals surface area contributed by atoms with Gasteiger partial charge >= 0.3 is 0 Å². The maximum atomic E-state index is 4.60. The summed E-state index contributed by atoms with van der Waals surface area (Å²) in [4.78, 5) is 4.60. The van der Waals surface area contributed by atoms with Crippen LogP contribution in [0.4, 0.5) is 5.95 Å². The number of rotatable bonds is 5. The summed E-state index contributed by atoms with van der Waals surface area (Å²) in [6.45, 7) is 0. The number of nitrogens with zero attached hydrogens (tertiary/aromatic N) is 2. The molecule has 1 aromatic heterocycles. The maximum Gasteiger partial charge on any atom is 0.203 e. The van der Waals surface area contributed by atoms with Crippen molar-refractivity contribution in [2.75, 3.05) is 5.32 Å². The second-order valence-corrected chi connectivity index (χ2v) is 6.79. The highest BCUT2D eigenvalue weighted by Crippen LogP contribution is 2.46. The van der Waals surface area contributed by atoms with Gasteiger partial charge in [0.15, 0.2) is 0 Å². The van der Waals surface area contributed by atoms with Gasteiger partial charge in [-0.3, -0.25) is 0 Å². The van der Waals surface area contributed by atoms with E-state index >= 15 is 0 Å². The molecule has 0 aliphatic heterocycles. The van der Waals surface area contributed by atoms with Crippen molar-refractivity contribution >= 4 is 5.95 Å². The molecule has 3 fully saturated rings. The first kappa shape index (κ1) is 11.8. The van der Waals surface area contributed by atoms with Gasteiger partial charge in [0.05, 0.1) is 0 Å². The van der Waals surface area contributed by atoms with Crippen LogP contribution in [0.25, 0.3) is 0 Å². The Hall–Kier alpha value is -0.990. The molecule has 0 radical (unpaired) electrons. The molecule has 0 amide bonds. The summed E-state index contributed by atoms with van der Waals surface area (Å²) in [5, 5.41) is 3.80. The third kappa shape index (κ3) is 2.52. The van der Waals surface area contributed by atoms with Gasteiger partial charge in [0.2, 0.25) is 5.95 Å². The van der Waals surface area contributed by atoms with E-state index in [1.54, 1.807) is 0 Å². The monoisotopic (exact) mass is 259 g/mol. The molecule has 0 spiro atoms. The molecule has 1 N–H and O–H groups in total. The summed E-state index contributed by atoms with van der Waals surface area (Å²) in [6, 6.07) is 1.41. The first-order valence-electron chi connectivity index (χ1n) is 8.21. The molecule has 0 atom stereocenters. The van der Waals surface area contributed by atoms with E-state index in [1.807, 2.05) is 6.20 Å². The van der Waals surface area contributed by atoms with Crippen molar-refractivity contribution in [1.29, 1.82) is 0 Å². The normalized spacial score (nSPS) is 24.9. The summed E-state index contributed by atoms with van der Waals surface area (Å²) in [7, 11) is 0. The van der Waals surface area contributed by atoms with Crippen LogP contribution in [0, 0.1) is 11.8 Å². The van der Waals surface area contributed by atoms with Gasteiger partial charge in [-0.2, -0.15) is 0 Å². The number of hydrogen-bond acceptors (Lipinski definition) is 2. The number of nitrogens with one attached hydrogen (secondary N) is 1. The van der Waals surface area contributed by atoms with E-state index in [1.165, 1.54) is 57.8 Å². The lowest BCUT2D eigenvalue weighted by Gasteiger charge is -2.26. The number of aromatic nitrogens is 2. The van der Waals surface area contributed by atoms with Crippen LogP contribution in [0.5, 0.6) is 0 Å². The molecule has 3 aliphatic rings. The summed E-state index contributed by atoms with van der Waals surface area (Å²) in [5.41, 5.74) is 0. The van der Waals surface area contributed by atoms with Crippen LogP contribution in [0.2, 0.25) is 0 Å². The molecular weight excluding hydrogens is 234 g/mol. The standard InChI is InChI=1S/C16H25N3/c1-2-4-14(5-3-1)19-11-10-17-16(19)18-15(12-6-7-12)13-8-9-13/h10-15H,1-9H2,(H,17,18). The lowest BCUT2D eigenvalue weighted by Crippen LogP contribution is -2.27. The largest absolute Gasteiger partial charge is 0.352 e. The van der Waals surface area contributed by atoms with Gasteiger partial charge < -0.3 is 9.88 Å². The lowest BCUT2D eigenvalue weighted by molar-refractivity contribution is 0.354. The van der Waals surface area contributed by atoms with Crippen molar-refractivity contribution in [3.63, 3.8) is 0 Å². The van der Waals surface area contributed by atoms with Crippen molar-refractivity contribution < 1.29 is 0 Å². The molecule has 104 valence electrons. The SMILES string of the molecule is c1cn(C2CCCCC2)c(NC(C2CC2)C2CC2)n1. The molecule has 0 aromatic carbocycles. The third-order valence-electron chi connectivity index (χ3n) is 5.19. The first-order valence-corrected chi connectivity index (χ1v) is 8.21. The Morgan fingerprint density at radius 3 is 2.32 bits per heavy atom. The molecule has 0 bridgehead atoms. The summed E-state index contributed by atoms with van der Waals surface area (Å²) in [6.07, 6.45) is 16.7. The molecular formula is C16H25N3. The Morgan fingerprint density at radius 1 is 1.00 bits per heavy atom.